The monoisotopic (exact) mass is 506 g/mol. The zero-order chi connectivity index (χ0) is 26.0. The Bertz CT molecular complexity index is 1320. The fourth-order valence-electron chi connectivity index (χ4n) is 4.21. The molecule has 1 saturated heterocycles. The van der Waals surface area contributed by atoms with E-state index in [1.54, 1.807) is 36.4 Å². The Hall–Kier alpha value is -3.97. The van der Waals surface area contributed by atoms with Gasteiger partial charge in [0, 0.05) is 31.0 Å². The fourth-order valence-corrected chi connectivity index (χ4v) is 4.47. The third kappa shape index (κ3) is 4.62. The van der Waals surface area contributed by atoms with E-state index in [-0.39, 0.29) is 16.4 Å². The number of carbonyl (C=O) groups is 2. The van der Waals surface area contributed by atoms with Gasteiger partial charge in [-0.1, -0.05) is 23.7 Å². The molecule has 4 rings (SSSR count). The van der Waals surface area contributed by atoms with Crippen molar-refractivity contribution in [3.63, 3.8) is 0 Å². The second-order valence-electron chi connectivity index (χ2n) is 8.43. The van der Waals surface area contributed by atoms with Crippen molar-refractivity contribution >= 4 is 40.4 Å². The van der Waals surface area contributed by atoms with E-state index >= 15 is 0 Å². The summed E-state index contributed by atoms with van der Waals surface area (Å²) in [6.07, 6.45) is 0. The van der Waals surface area contributed by atoms with Crippen LogP contribution in [0.3, 0.4) is 0 Å². The SMILES string of the molecule is CCOc1ccc(N2C(=O)C(=O)/C(=C(\O)c3ccc(OC)c(Cl)c3)C2c2ccc(N(C)C)cc2)cc1. The number of halogens is 1. The van der Waals surface area contributed by atoms with Gasteiger partial charge >= 0.3 is 0 Å². The molecule has 1 aliphatic rings. The molecular formula is C28H27ClN2O5. The van der Waals surface area contributed by atoms with Crippen LogP contribution in [0, 0.1) is 0 Å². The molecule has 7 nitrogen and oxygen atoms in total. The average Bonchev–Trinajstić information content (AvgIpc) is 3.14. The van der Waals surface area contributed by atoms with Gasteiger partial charge in [-0.05, 0) is 67.1 Å². The van der Waals surface area contributed by atoms with E-state index in [1.807, 2.05) is 50.2 Å². The van der Waals surface area contributed by atoms with Crippen LogP contribution in [0.5, 0.6) is 11.5 Å². The summed E-state index contributed by atoms with van der Waals surface area (Å²) < 4.78 is 10.7. The highest BCUT2D eigenvalue weighted by Gasteiger charge is 2.47. The second kappa shape index (κ2) is 10.3. The number of rotatable bonds is 7. The molecule has 0 aromatic heterocycles. The van der Waals surface area contributed by atoms with Crippen molar-refractivity contribution in [2.75, 3.05) is 37.6 Å². The normalized spacial score (nSPS) is 16.8. The van der Waals surface area contributed by atoms with Crippen LogP contribution in [-0.4, -0.2) is 44.6 Å². The van der Waals surface area contributed by atoms with Gasteiger partial charge in [0.05, 0.1) is 30.4 Å². The number of methoxy groups -OCH3 is 1. The van der Waals surface area contributed by atoms with Gasteiger partial charge in [0.15, 0.2) is 0 Å². The van der Waals surface area contributed by atoms with Gasteiger partial charge in [0.25, 0.3) is 11.7 Å². The second-order valence-corrected chi connectivity index (χ2v) is 8.84. The molecule has 1 fully saturated rings. The van der Waals surface area contributed by atoms with Gasteiger partial charge in [-0.15, -0.1) is 0 Å². The third-order valence-corrected chi connectivity index (χ3v) is 6.32. The number of amides is 1. The molecule has 186 valence electrons. The minimum atomic E-state index is -0.847. The predicted octanol–water partition coefficient (Wildman–Crippen LogP) is 5.44. The van der Waals surface area contributed by atoms with E-state index in [0.29, 0.717) is 34.9 Å². The summed E-state index contributed by atoms with van der Waals surface area (Å²) in [5.41, 5.74) is 2.43. The van der Waals surface area contributed by atoms with Crippen molar-refractivity contribution in [3.8, 4) is 11.5 Å². The average molecular weight is 507 g/mol. The van der Waals surface area contributed by atoms with Crippen LogP contribution in [0.2, 0.25) is 5.02 Å². The smallest absolute Gasteiger partial charge is 0.300 e. The maximum Gasteiger partial charge on any atom is 0.300 e. The standard InChI is InChI=1S/C28H27ClN2O5/c1-5-36-21-13-11-20(12-14-21)31-25(17-6-9-19(10-7-17)30(2)3)24(27(33)28(31)34)26(32)18-8-15-23(35-4)22(29)16-18/h6-16,25,32H,5H2,1-4H3/b26-24-. The van der Waals surface area contributed by atoms with E-state index < -0.39 is 17.7 Å². The Balaban J connectivity index is 1.89. The number of ether oxygens (including phenoxy) is 2. The zero-order valence-electron chi connectivity index (χ0n) is 20.5. The number of ketones is 1. The summed E-state index contributed by atoms with van der Waals surface area (Å²) in [7, 11) is 5.34. The highest BCUT2D eigenvalue weighted by atomic mass is 35.5. The minimum absolute atomic E-state index is 0.0206. The van der Waals surface area contributed by atoms with E-state index in [1.165, 1.54) is 18.1 Å². The first-order valence-electron chi connectivity index (χ1n) is 11.4. The van der Waals surface area contributed by atoms with Crippen LogP contribution in [0.15, 0.2) is 72.3 Å². The topological polar surface area (TPSA) is 79.3 Å². The molecule has 0 saturated carbocycles. The molecule has 8 heteroatoms. The number of anilines is 2. The molecule has 0 aliphatic carbocycles. The lowest BCUT2D eigenvalue weighted by atomic mass is 9.95. The number of nitrogens with zero attached hydrogens (tertiary/aromatic N) is 2. The first-order chi connectivity index (χ1) is 17.3. The van der Waals surface area contributed by atoms with Crippen molar-refractivity contribution in [2.24, 2.45) is 0 Å². The van der Waals surface area contributed by atoms with Crippen molar-refractivity contribution in [3.05, 3.63) is 88.5 Å². The largest absolute Gasteiger partial charge is 0.507 e. The van der Waals surface area contributed by atoms with Crippen LogP contribution in [0.1, 0.15) is 24.1 Å². The lowest BCUT2D eigenvalue weighted by Gasteiger charge is -2.26. The molecular weight excluding hydrogens is 480 g/mol. The van der Waals surface area contributed by atoms with Gasteiger partial charge in [-0.2, -0.15) is 0 Å². The molecule has 3 aromatic rings. The number of hydrogen-bond donors (Lipinski definition) is 1. The first kappa shape index (κ1) is 25.1. The predicted molar refractivity (Wildman–Crippen MR) is 141 cm³/mol. The van der Waals surface area contributed by atoms with Gasteiger partial charge in [0.2, 0.25) is 0 Å². The first-order valence-corrected chi connectivity index (χ1v) is 11.8. The molecule has 1 N–H and O–H groups in total. The Morgan fingerprint density at radius 1 is 1.03 bits per heavy atom. The van der Waals surface area contributed by atoms with Crippen LogP contribution in [-0.2, 0) is 9.59 Å². The lowest BCUT2D eigenvalue weighted by Crippen LogP contribution is -2.29. The molecule has 0 bridgehead atoms. The Morgan fingerprint density at radius 2 is 1.69 bits per heavy atom. The summed E-state index contributed by atoms with van der Waals surface area (Å²) in [4.78, 5) is 30.0. The summed E-state index contributed by atoms with van der Waals surface area (Å²) in [5.74, 6) is -0.749. The van der Waals surface area contributed by atoms with Gasteiger partial charge < -0.3 is 19.5 Å². The number of Topliss-reactive ketones (excluding diaryl/α,β-unsaturated/α-hetero) is 1. The molecule has 0 radical (unpaired) electrons. The molecule has 3 aromatic carbocycles. The number of benzene rings is 3. The number of aliphatic hydroxyl groups is 1. The van der Waals surface area contributed by atoms with Gasteiger partial charge in [0.1, 0.15) is 17.3 Å². The molecule has 1 heterocycles. The quantitative estimate of drug-likeness (QED) is 0.261. The summed E-state index contributed by atoms with van der Waals surface area (Å²) >= 11 is 6.27. The lowest BCUT2D eigenvalue weighted by molar-refractivity contribution is -0.132. The van der Waals surface area contributed by atoms with Crippen LogP contribution in [0.25, 0.3) is 5.76 Å². The molecule has 1 amide bonds. The maximum absolute atomic E-state index is 13.3. The Kier molecular flexibility index (Phi) is 7.22. The number of carbonyl (C=O) groups excluding carboxylic acids is 2. The summed E-state index contributed by atoms with van der Waals surface area (Å²) in [5, 5.41) is 11.6. The van der Waals surface area contributed by atoms with E-state index in [9.17, 15) is 14.7 Å². The molecule has 36 heavy (non-hydrogen) atoms. The zero-order valence-corrected chi connectivity index (χ0v) is 21.2. The van der Waals surface area contributed by atoms with Gasteiger partial charge in [-0.25, -0.2) is 0 Å². The Labute approximate surface area is 215 Å². The Morgan fingerprint density at radius 3 is 2.25 bits per heavy atom. The van der Waals surface area contributed by atoms with E-state index in [2.05, 4.69) is 0 Å². The van der Waals surface area contributed by atoms with Gasteiger partial charge in [-0.3, -0.25) is 14.5 Å². The number of aliphatic hydroxyl groups excluding tert-OH is 1. The highest BCUT2D eigenvalue weighted by Crippen LogP contribution is 2.43. The third-order valence-electron chi connectivity index (χ3n) is 6.02. The highest BCUT2D eigenvalue weighted by molar-refractivity contribution is 6.51. The molecule has 1 unspecified atom stereocenters. The van der Waals surface area contributed by atoms with Crippen molar-refractivity contribution in [1.29, 1.82) is 0 Å². The van der Waals surface area contributed by atoms with Crippen LogP contribution >= 0.6 is 11.6 Å². The van der Waals surface area contributed by atoms with Crippen molar-refractivity contribution in [1.82, 2.24) is 0 Å². The van der Waals surface area contributed by atoms with Crippen molar-refractivity contribution < 1.29 is 24.2 Å². The van der Waals surface area contributed by atoms with E-state index in [0.717, 1.165) is 5.69 Å². The fraction of sp³-hybridized carbons (Fsp3) is 0.214. The number of hydrogen-bond acceptors (Lipinski definition) is 6. The molecule has 0 spiro atoms. The molecule has 1 aliphatic heterocycles. The maximum atomic E-state index is 13.3. The van der Waals surface area contributed by atoms with Crippen LogP contribution < -0.4 is 19.3 Å². The van der Waals surface area contributed by atoms with Crippen molar-refractivity contribution in [2.45, 2.75) is 13.0 Å². The molecule has 1 atom stereocenters. The summed E-state index contributed by atoms with van der Waals surface area (Å²) in [6.45, 7) is 2.39. The summed E-state index contributed by atoms with van der Waals surface area (Å²) in [6, 6.07) is 18.3. The minimum Gasteiger partial charge on any atom is -0.507 e. The van der Waals surface area contributed by atoms with Crippen LogP contribution in [0.4, 0.5) is 11.4 Å². The van der Waals surface area contributed by atoms with E-state index in [4.69, 9.17) is 21.1 Å².